The number of rotatable bonds is 8. The normalized spacial score (nSPS) is 12.1. The van der Waals surface area contributed by atoms with E-state index in [-0.39, 0.29) is 0 Å². The van der Waals surface area contributed by atoms with Crippen LogP contribution in [0.5, 0.6) is 34.5 Å². The van der Waals surface area contributed by atoms with E-state index in [0.717, 1.165) is 38.7 Å². The van der Waals surface area contributed by atoms with Crippen molar-refractivity contribution in [1.82, 2.24) is 4.57 Å². The third-order valence-corrected chi connectivity index (χ3v) is 7.81. The second-order valence-electron chi connectivity index (χ2n) is 9.78. The van der Waals surface area contributed by atoms with E-state index >= 15 is 0 Å². The molecule has 9 heteroatoms. The molecule has 9 nitrogen and oxygen atoms in total. The quantitative estimate of drug-likeness (QED) is 0.227. The number of aromatic nitrogens is 1. The maximum absolute atomic E-state index is 13.7. The Kier molecular flexibility index (Phi) is 6.65. The fourth-order valence-corrected chi connectivity index (χ4v) is 5.94. The molecular weight excluding hydrogens is 526 g/mol. The van der Waals surface area contributed by atoms with Crippen LogP contribution in [0.2, 0.25) is 0 Å². The Labute approximate surface area is 236 Å². The maximum Gasteiger partial charge on any atom is 0.361 e. The van der Waals surface area contributed by atoms with Crippen LogP contribution in [0.1, 0.15) is 16.7 Å². The van der Waals surface area contributed by atoms with Crippen molar-refractivity contribution in [3.63, 3.8) is 0 Å². The van der Waals surface area contributed by atoms with Gasteiger partial charge in [0.25, 0.3) is 0 Å². The lowest BCUT2D eigenvalue weighted by molar-refractivity contribution is 0.354. The molecule has 212 valence electrons. The molecular formula is C32H31NO8. The van der Waals surface area contributed by atoms with Gasteiger partial charge in [-0.05, 0) is 53.4 Å². The van der Waals surface area contributed by atoms with E-state index in [2.05, 4.69) is 4.57 Å². The Balaban J connectivity index is 1.73. The van der Waals surface area contributed by atoms with Crippen molar-refractivity contribution in [1.29, 1.82) is 0 Å². The summed E-state index contributed by atoms with van der Waals surface area (Å²) in [4.78, 5) is 13.7. The van der Waals surface area contributed by atoms with Crippen LogP contribution in [0.3, 0.4) is 0 Å². The Bertz CT molecular complexity index is 1870. The predicted octanol–water partition coefficient (Wildman–Crippen LogP) is 5.61. The van der Waals surface area contributed by atoms with Crippen molar-refractivity contribution < 1.29 is 32.8 Å². The largest absolute Gasteiger partial charge is 0.493 e. The molecule has 0 bridgehead atoms. The molecule has 2 aromatic heterocycles. The molecule has 3 aromatic carbocycles. The van der Waals surface area contributed by atoms with Crippen molar-refractivity contribution in [2.24, 2.45) is 0 Å². The molecule has 0 spiro atoms. The van der Waals surface area contributed by atoms with Gasteiger partial charge >= 0.3 is 5.63 Å². The predicted molar refractivity (Wildman–Crippen MR) is 156 cm³/mol. The van der Waals surface area contributed by atoms with Gasteiger partial charge in [0.05, 0.1) is 48.4 Å². The minimum absolute atomic E-state index is 0.413. The number of ether oxygens (including phenoxy) is 6. The summed E-state index contributed by atoms with van der Waals surface area (Å²) in [5.41, 5.74) is 5.51. The van der Waals surface area contributed by atoms with Crippen molar-refractivity contribution in [2.45, 2.75) is 19.4 Å². The van der Waals surface area contributed by atoms with Crippen LogP contribution in [-0.4, -0.2) is 47.2 Å². The first-order valence-electron chi connectivity index (χ1n) is 13.2. The molecule has 0 amide bonds. The van der Waals surface area contributed by atoms with Gasteiger partial charge in [-0.1, -0.05) is 6.07 Å². The zero-order valence-corrected chi connectivity index (χ0v) is 23.9. The Morgan fingerprint density at radius 2 is 1.34 bits per heavy atom. The third-order valence-electron chi connectivity index (χ3n) is 7.81. The van der Waals surface area contributed by atoms with Crippen LogP contribution >= 0.6 is 0 Å². The van der Waals surface area contributed by atoms with E-state index in [0.29, 0.717) is 65.0 Å². The van der Waals surface area contributed by atoms with Crippen molar-refractivity contribution >= 4 is 21.9 Å². The van der Waals surface area contributed by atoms with Gasteiger partial charge < -0.3 is 37.4 Å². The SMILES string of the molecule is COc1ccc(Cc2c3n(c4c(=O)oc5cc(OC)c(OC)cc5c24)CCc2cc(OC)c(OC)cc2-3)cc1OC. The highest BCUT2D eigenvalue weighted by Crippen LogP contribution is 2.46. The first-order chi connectivity index (χ1) is 20.0. The molecule has 1 aliphatic heterocycles. The van der Waals surface area contributed by atoms with Crippen molar-refractivity contribution in [3.05, 3.63) is 69.6 Å². The van der Waals surface area contributed by atoms with Gasteiger partial charge in [-0.25, -0.2) is 4.79 Å². The second-order valence-corrected chi connectivity index (χ2v) is 9.78. The highest BCUT2D eigenvalue weighted by Gasteiger charge is 2.30. The first kappa shape index (κ1) is 26.4. The van der Waals surface area contributed by atoms with Gasteiger partial charge in [0.15, 0.2) is 34.5 Å². The van der Waals surface area contributed by atoms with Crippen LogP contribution < -0.4 is 34.0 Å². The van der Waals surface area contributed by atoms with Crippen LogP contribution in [0.4, 0.5) is 0 Å². The Morgan fingerprint density at radius 1 is 0.732 bits per heavy atom. The van der Waals surface area contributed by atoms with Crippen molar-refractivity contribution in [2.75, 3.05) is 42.7 Å². The van der Waals surface area contributed by atoms with Crippen LogP contribution in [-0.2, 0) is 19.4 Å². The third kappa shape index (κ3) is 4.11. The number of hydrogen-bond donors (Lipinski definition) is 0. The van der Waals surface area contributed by atoms with E-state index in [1.54, 1.807) is 48.7 Å². The maximum atomic E-state index is 13.7. The lowest BCUT2D eigenvalue weighted by Gasteiger charge is -2.23. The molecule has 3 heterocycles. The second kappa shape index (κ2) is 10.3. The van der Waals surface area contributed by atoms with Gasteiger partial charge in [0.2, 0.25) is 0 Å². The summed E-state index contributed by atoms with van der Waals surface area (Å²) in [5.74, 6) is 3.58. The molecule has 1 aliphatic rings. The number of fused-ring (bicyclic) bond motifs is 7. The summed E-state index contributed by atoms with van der Waals surface area (Å²) < 4.78 is 41.4. The summed E-state index contributed by atoms with van der Waals surface area (Å²) in [6, 6.07) is 13.4. The van der Waals surface area contributed by atoms with Gasteiger partial charge in [-0.2, -0.15) is 0 Å². The molecule has 5 aromatic rings. The molecule has 41 heavy (non-hydrogen) atoms. The summed E-state index contributed by atoms with van der Waals surface area (Å²) in [5, 5.41) is 1.57. The molecule has 6 rings (SSSR count). The number of hydrogen-bond acceptors (Lipinski definition) is 8. The van der Waals surface area contributed by atoms with E-state index in [1.165, 1.54) is 0 Å². The number of benzene rings is 3. The lowest BCUT2D eigenvalue weighted by Crippen LogP contribution is -2.15. The monoisotopic (exact) mass is 557 g/mol. The fourth-order valence-electron chi connectivity index (χ4n) is 5.94. The smallest absolute Gasteiger partial charge is 0.361 e. The van der Waals surface area contributed by atoms with Gasteiger partial charge in [-0.15, -0.1) is 0 Å². The average Bonchev–Trinajstić information content (AvgIpc) is 3.34. The number of nitrogens with zero attached hydrogens (tertiary/aromatic N) is 1. The van der Waals surface area contributed by atoms with E-state index in [1.807, 2.05) is 36.4 Å². The number of aryl methyl sites for hydroxylation is 2. The Hall–Kier alpha value is -4.79. The topological polar surface area (TPSA) is 90.5 Å². The molecule has 0 saturated heterocycles. The fraction of sp³-hybridized carbons (Fsp3) is 0.281. The summed E-state index contributed by atoms with van der Waals surface area (Å²) in [7, 11) is 9.62. The minimum Gasteiger partial charge on any atom is -0.493 e. The first-order valence-corrected chi connectivity index (χ1v) is 13.2. The van der Waals surface area contributed by atoms with E-state index in [9.17, 15) is 4.79 Å². The van der Waals surface area contributed by atoms with E-state index in [4.69, 9.17) is 32.8 Å². The molecule has 0 unspecified atom stereocenters. The Morgan fingerprint density at radius 3 is 2.02 bits per heavy atom. The molecule has 0 atom stereocenters. The van der Waals surface area contributed by atoms with Crippen LogP contribution in [0.15, 0.2) is 51.7 Å². The molecule has 0 fully saturated rings. The number of methoxy groups -OCH3 is 6. The molecule has 0 N–H and O–H groups in total. The van der Waals surface area contributed by atoms with E-state index < -0.39 is 5.63 Å². The van der Waals surface area contributed by atoms with Crippen LogP contribution in [0, 0.1) is 0 Å². The van der Waals surface area contributed by atoms with Gasteiger partial charge in [0, 0.05) is 35.4 Å². The van der Waals surface area contributed by atoms with Crippen molar-refractivity contribution in [3.8, 4) is 45.8 Å². The zero-order valence-electron chi connectivity index (χ0n) is 23.9. The summed E-state index contributed by atoms with van der Waals surface area (Å²) in [6.07, 6.45) is 1.23. The zero-order chi connectivity index (χ0) is 28.8. The summed E-state index contributed by atoms with van der Waals surface area (Å²) in [6.45, 7) is 0.601. The van der Waals surface area contributed by atoms with Gasteiger partial charge in [0.1, 0.15) is 11.1 Å². The molecule has 0 radical (unpaired) electrons. The van der Waals surface area contributed by atoms with Crippen LogP contribution in [0.25, 0.3) is 33.1 Å². The lowest BCUT2D eigenvalue weighted by atomic mass is 9.92. The van der Waals surface area contributed by atoms with Gasteiger partial charge in [-0.3, -0.25) is 0 Å². The average molecular weight is 558 g/mol. The standard InChI is InChI=1S/C32H31NO8/c1-35-22-8-7-17(12-24(22)36-2)11-21-29-20-15-27(39-5)28(40-6)16-23(20)41-32(34)31(29)33-10-9-18-13-25(37-3)26(38-4)14-19(18)30(21)33/h7-8,12-16H,9-11H2,1-6H3. The summed E-state index contributed by atoms with van der Waals surface area (Å²) >= 11 is 0. The minimum atomic E-state index is -0.413. The highest BCUT2D eigenvalue weighted by molar-refractivity contribution is 6.10. The highest BCUT2D eigenvalue weighted by atomic mass is 16.5. The molecule has 0 aliphatic carbocycles. The molecule has 0 saturated carbocycles.